The zero-order valence-electron chi connectivity index (χ0n) is 13.1. The van der Waals surface area contributed by atoms with Gasteiger partial charge in [-0.15, -0.1) is 0 Å². The summed E-state index contributed by atoms with van der Waals surface area (Å²) < 4.78 is 2.07. The van der Waals surface area contributed by atoms with E-state index in [9.17, 15) is 4.79 Å². The molecule has 0 aromatic heterocycles. The second-order valence-electron chi connectivity index (χ2n) is 6.21. The van der Waals surface area contributed by atoms with E-state index in [2.05, 4.69) is 61.4 Å². The predicted octanol–water partition coefficient (Wildman–Crippen LogP) is 5.44. The third kappa shape index (κ3) is 3.44. The van der Waals surface area contributed by atoms with Crippen LogP contribution in [0.25, 0.3) is 0 Å². The molecule has 0 spiro atoms. The van der Waals surface area contributed by atoms with Gasteiger partial charge in [0.1, 0.15) is 5.78 Å². The van der Waals surface area contributed by atoms with Gasteiger partial charge < -0.3 is 5.32 Å². The van der Waals surface area contributed by atoms with Crippen LogP contribution in [-0.4, -0.2) is 5.78 Å². The summed E-state index contributed by atoms with van der Waals surface area (Å²) in [5.74, 6) is 0.240. The average molecular weight is 437 g/mol. The fourth-order valence-electron chi connectivity index (χ4n) is 3.40. The molecule has 1 saturated heterocycles. The van der Waals surface area contributed by atoms with Crippen molar-refractivity contribution >= 4 is 37.6 Å². The van der Waals surface area contributed by atoms with Gasteiger partial charge in [0.15, 0.2) is 0 Å². The van der Waals surface area contributed by atoms with Crippen molar-refractivity contribution < 1.29 is 4.79 Å². The molecule has 23 heavy (non-hydrogen) atoms. The van der Waals surface area contributed by atoms with E-state index in [-0.39, 0.29) is 23.9 Å². The third-order valence-corrected chi connectivity index (χ3v) is 5.66. The molecule has 1 fully saturated rings. The lowest BCUT2D eigenvalue weighted by Gasteiger charge is -2.39. The molecule has 120 valence electrons. The quantitative estimate of drug-likeness (QED) is 0.679. The molecule has 0 radical (unpaired) electrons. The second kappa shape index (κ2) is 6.88. The number of ketones is 1. The van der Waals surface area contributed by atoms with Gasteiger partial charge in [0.25, 0.3) is 0 Å². The number of hydrogen-bond donors (Lipinski definition) is 1. The highest BCUT2D eigenvalue weighted by molar-refractivity contribution is 9.10. The molecule has 2 aromatic carbocycles. The van der Waals surface area contributed by atoms with Gasteiger partial charge in [0.05, 0.1) is 0 Å². The van der Waals surface area contributed by atoms with E-state index in [1.54, 1.807) is 0 Å². The Bertz CT molecular complexity index is 671. The Morgan fingerprint density at radius 2 is 1.26 bits per heavy atom. The molecule has 0 bridgehead atoms. The number of hydrogen-bond acceptors (Lipinski definition) is 2. The van der Waals surface area contributed by atoms with E-state index in [0.717, 1.165) is 20.1 Å². The minimum absolute atomic E-state index is 0.0279. The van der Waals surface area contributed by atoms with Crippen molar-refractivity contribution in [2.75, 3.05) is 0 Å². The van der Waals surface area contributed by atoms with E-state index in [1.807, 2.05) is 38.1 Å². The van der Waals surface area contributed by atoms with Crippen LogP contribution in [-0.2, 0) is 4.79 Å². The zero-order valence-corrected chi connectivity index (χ0v) is 16.3. The van der Waals surface area contributed by atoms with Crippen LogP contribution in [0.4, 0.5) is 0 Å². The summed E-state index contributed by atoms with van der Waals surface area (Å²) in [6, 6.07) is 16.5. The number of carbonyl (C=O) groups is 1. The van der Waals surface area contributed by atoms with Crippen LogP contribution >= 0.6 is 31.9 Å². The Hall–Kier alpha value is -0.970. The number of rotatable bonds is 2. The molecule has 4 heteroatoms. The molecular weight excluding hydrogens is 418 g/mol. The van der Waals surface area contributed by atoms with Crippen molar-refractivity contribution in [1.29, 1.82) is 0 Å². The first-order valence-corrected chi connectivity index (χ1v) is 9.36. The third-order valence-electron chi connectivity index (χ3n) is 4.67. The van der Waals surface area contributed by atoms with Crippen LogP contribution in [0, 0.1) is 11.8 Å². The first-order valence-electron chi connectivity index (χ1n) is 7.78. The fraction of sp³-hybridized carbons (Fsp3) is 0.316. The van der Waals surface area contributed by atoms with Crippen LogP contribution in [0.5, 0.6) is 0 Å². The molecule has 3 rings (SSSR count). The van der Waals surface area contributed by atoms with Crippen LogP contribution in [0.1, 0.15) is 37.1 Å². The van der Waals surface area contributed by atoms with Crippen LogP contribution < -0.4 is 5.32 Å². The van der Waals surface area contributed by atoms with Crippen molar-refractivity contribution in [2.45, 2.75) is 25.9 Å². The molecule has 0 amide bonds. The molecule has 1 aliphatic rings. The smallest absolute Gasteiger partial charge is 0.142 e. The topological polar surface area (TPSA) is 29.1 Å². The van der Waals surface area contributed by atoms with Crippen molar-refractivity contribution in [1.82, 2.24) is 5.32 Å². The molecule has 0 aliphatic carbocycles. The average Bonchev–Trinajstić information content (AvgIpc) is 2.53. The minimum Gasteiger partial charge on any atom is -0.302 e. The molecule has 4 atom stereocenters. The summed E-state index contributed by atoms with van der Waals surface area (Å²) in [6.45, 7) is 4.04. The fourth-order valence-corrected chi connectivity index (χ4v) is 4.23. The van der Waals surface area contributed by atoms with Gasteiger partial charge in [-0.05, 0) is 35.4 Å². The molecule has 1 N–H and O–H groups in total. The summed E-state index contributed by atoms with van der Waals surface area (Å²) in [5.41, 5.74) is 2.29. The van der Waals surface area contributed by atoms with Crippen LogP contribution in [0.3, 0.4) is 0 Å². The lowest BCUT2D eigenvalue weighted by molar-refractivity contribution is -0.130. The monoisotopic (exact) mass is 435 g/mol. The first-order chi connectivity index (χ1) is 11.0. The standard InChI is InChI=1S/C19H19Br2NO/c1-11-17(13-5-3-7-15(20)9-13)22-18(12(2)19(11)23)14-6-4-8-16(21)10-14/h3-12,17-18,22H,1-2H3/t11-,12-,17-,18-/m0/s1. The minimum atomic E-state index is -0.0392. The molecular formula is C19H19Br2NO. The highest BCUT2D eigenvalue weighted by Gasteiger charge is 2.40. The largest absolute Gasteiger partial charge is 0.302 e. The van der Waals surface area contributed by atoms with E-state index in [4.69, 9.17) is 0 Å². The number of carbonyl (C=O) groups excluding carboxylic acids is 1. The Balaban J connectivity index is 1.97. The summed E-state index contributed by atoms with van der Waals surface area (Å²) in [4.78, 5) is 12.8. The van der Waals surface area contributed by atoms with Crippen molar-refractivity contribution in [3.8, 4) is 0 Å². The maximum Gasteiger partial charge on any atom is 0.142 e. The SMILES string of the molecule is C[C@@H]1C(=O)[C@@H](C)[C@@H](c2cccc(Br)c2)N[C@@H]1c1cccc(Br)c1. The Morgan fingerprint density at radius 1 is 0.826 bits per heavy atom. The predicted molar refractivity (Wildman–Crippen MR) is 100 cm³/mol. The lowest BCUT2D eigenvalue weighted by Crippen LogP contribution is -2.46. The van der Waals surface area contributed by atoms with Crippen molar-refractivity contribution in [2.24, 2.45) is 11.8 Å². The molecule has 0 unspecified atom stereocenters. The zero-order chi connectivity index (χ0) is 16.6. The van der Waals surface area contributed by atoms with Gasteiger partial charge in [0, 0.05) is 32.9 Å². The van der Waals surface area contributed by atoms with Gasteiger partial charge in [0.2, 0.25) is 0 Å². The molecule has 2 aromatic rings. The molecule has 1 aliphatic heterocycles. The van der Waals surface area contributed by atoms with Crippen molar-refractivity contribution in [3.05, 3.63) is 68.6 Å². The number of benzene rings is 2. The molecule has 1 heterocycles. The van der Waals surface area contributed by atoms with Crippen LogP contribution in [0.2, 0.25) is 0 Å². The summed E-state index contributed by atoms with van der Waals surface area (Å²) >= 11 is 7.05. The molecule has 2 nitrogen and oxygen atoms in total. The second-order valence-corrected chi connectivity index (χ2v) is 8.04. The summed E-state index contributed by atoms with van der Waals surface area (Å²) in [7, 11) is 0. The maximum atomic E-state index is 12.8. The van der Waals surface area contributed by atoms with Gasteiger partial charge in [-0.1, -0.05) is 70.0 Å². The Kier molecular flexibility index (Phi) is 5.04. The summed E-state index contributed by atoms with van der Waals surface area (Å²) in [6.07, 6.45) is 0. The number of piperidine rings is 1. The van der Waals surface area contributed by atoms with Gasteiger partial charge in [-0.3, -0.25) is 4.79 Å². The van der Waals surface area contributed by atoms with E-state index in [1.165, 1.54) is 0 Å². The van der Waals surface area contributed by atoms with Gasteiger partial charge >= 0.3 is 0 Å². The Morgan fingerprint density at radius 3 is 1.65 bits per heavy atom. The summed E-state index contributed by atoms with van der Waals surface area (Å²) in [5, 5.41) is 3.71. The number of Topliss-reactive ketones (excluding diaryl/α,β-unsaturated/α-hetero) is 1. The Labute approximate surface area is 153 Å². The van der Waals surface area contributed by atoms with Crippen LogP contribution in [0.15, 0.2) is 57.5 Å². The molecule has 0 saturated carbocycles. The highest BCUT2D eigenvalue weighted by Crippen LogP contribution is 2.39. The van der Waals surface area contributed by atoms with E-state index < -0.39 is 0 Å². The normalized spacial score (nSPS) is 27.9. The van der Waals surface area contributed by atoms with Crippen molar-refractivity contribution in [3.63, 3.8) is 0 Å². The maximum absolute atomic E-state index is 12.8. The van der Waals surface area contributed by atoms with E-state index in [0.29, 0.717) is 5.78 Å². The van der Waals surface area contributed by atoms with Gasteiger partial charge in [-0.2, -0.15) is 0 Å². The van der Waals surface area contributed by atoms with E-state index >= 15 is 0 Å². The first kappa shape index (κ1) is 16.9. The lowest BCUT2D eigenvalue weighted by atomic mass is 9.76. The number of nitrogens with one attached hydrogen (secondary N) is 1. The highest BCUT2D eigenvalue weighted by atomic mass is 79.9. The number of halogens is 2. The van der Waals surface area contributed by atoms with Gasteiger partial charge in [-0.25, -0.2) is 0 Å².